The summed E-state index contributed by atoms with van der Waals surface area (Å²) in [6, 6.07) is 1.80. The SMILES string of the molecule is NC1(Cc2cc(O)c(F)cc2F)CC1. The Hall–Kier alpha value is -1.16. The average Bonchev–Trinajstić information content (AvgIpc) is 2.80. The molecular formula is C10H11F2NO. The Balaban J connectivity index is 2.29. The molecule has 0 aliphatic heterocycles. The minimum Gasteiger partial charge on any atom is -0.505 e. The molecule has 0 heterocycles. The Labute approximate surface area is 80.4 Å². The summed E-state index contributed by atoms with van der Waals surface area (Å²) < 4.78 is 25.9. The number of hydrogen-bond acceptors (Lipinski definition) is 2. The van der Waals surface area contributed by atoms with E-state index >= 15 is 0 Å². The third kappa shape index (κ3) is 1.70. The lowest BCUT2D eigenvalue weighted by molar-refractivity contribution is 0.425. The van der Waals surface area contributed by atoms with Crippen molar-refractivity contribution in [2.45, 2.75) is 24.8 Å². The molecular weight excluding hydrogens is 188 g/mol. The quantitative estimate of drug-likeness (QED) is 0.761. The third-order valence-corrected chi connectivity index (χ3v) is 2.55. The van der Waals surface area contributed by atoms with Gasteiger partial charge in [0.2, 0.25) is 0 Å². The fourth-order valence-electron chi connectivity index (χ4n) is 1.43. The highest BCUT2D eigenvalue weighted by atomic mass is 19.1. The van der Waals surface area contributed by atoms with Crippen molar-refractivity contribution in [3.05, 3.63) is 29.3 Å². The van der Waals surface area contributed by atoms with Crippen molar-refractivity contribution in [3.63, 3.8) is 0 Å². The molecule has 0 aromatic heterocycles. The maximum Gasteiger partial charge on any atom is 0.167 e. The molecule has 0 saturated heterocycles. The van der Waals surface area contributed by atoms with Crippen LogP contribution in [0.2, 0.25) is 0 Å². The van der Waals surface area contributed by atoms with Crippen LogP contribution in [0.4, 0.5) is 8.78 Å². The van der Waals surface area contributed by atoms with E-state index < -0.39 is 17.4 Å². The smallest absolute Gasteiger partial charge is 0.167 e. The van der Waals surface area contributed by atoms with Crippen molar-refractivity contribution in [1.82, 2.24) is 0 Å². The van der Waals surface area contributed by atoms with Gasteiger partial charge in [-0.2, -0.15) is 0 Å². The summed E-state index contributed by atoms with van der Waals surface area (Å²) in [5, 5.41) is 9.06. The number of phenolic OH excluding ortho intramolecular Hbond substituents is 1. The van der Waals surface area contributed by atoms with E-state index in [9.17, 15) is 8.78 Å². The molecule has 1 aromatic carbocycles. The second-order valence-electron chi connectivity index (χ2n) is 3.93. The zero-order valence-corrected chi connectivity index (χ0v) is 7.56. The Kier molecular flexibility index (Phi) is 1.96. The lowest BCUT2D eigenvalue weighted by Gasteiger charge is -2.09. The monoisotopic (exact) mass is 199 g/mol. The summed E-state index contributed by atoms with van der Waals surface area (Å²) >= 11 is 0. The van der Waals surface area contributed by atoms with Crippen LogP contribution in [0.5, 0.6) is 5.75 Å². The first-order valence-electron chi connectivity index (χ1n) is 4.46. The van der Waals surface area contributed by atoms with Gasteiger partial charge in [-0.3, -0.25) is 0 Å². The number of benzene rings is 1. The Morgan fingerprint density at radius 1 is 1.29 bits per heavy atom. The molecule has 1 saturated carbocycles. The van der Waals surface area contributed by atoms with Crippen LogP contribution in [0.1, 0.15) is 18.4 Å². The van der Waals surface area contributed by atoms with Crippen LogP contribution in [0.25, 0.3) is 0 Å². The summed E-state index contributed by atoms with van der Waals surface area (Å²) in [4.78, 5) is 0. The van der Waals surface area contributed by atoms with E-state index in [1.165, 1.54) is 0 Å². The highest BCUT2D eigenvalue weighted by Gasteiger charge is 2.38. The van der Waals surface area contributed by atoms with Gasteiger partial charge in [-0.1, -0.05) is 0 Å². The number of aromatic hydroxyl groups is 1. The molecule has 4 heteroatoms. The van der Waals surface area contributed by atoms with Crippen LogP contribution in [0, 0.1) is 11.6 Å². The molecule has 1 aliphatic carbocycles. The van der Waals surface area contributed by atoms with E-state index in [1.807, 2.05) is 0 Å². The second kappa shape index (κ2) is 2.92. The molecule has 2 rings (SSSR count). The number of hydrogen-bond donors (Lipinski definition) is 2. The maximum absolute atomic E-state index is 13.2. The first-order valence-corrected chi connectivity index (χ1v) is 4.46. The van der Waals surface area contributed by atoms with E-state index in [2.05, 4.69) is 0 Å². The number of phenols is 1. The largest absolute Gasteiger partial charge is 0.505 e. The summed E-state index contributed by atoms with van der Waals surface area (Å²) in [5.41, 5.74) is 5.73. The van der Waals surface area contributed by atoms with Gasteiger partial charge < -0.3 is 10.8 Å². The fraction of sp³-hybridized carbons (Fsp3) is 0.400. The molecule has 0 unspecified atom stereocenters. The molecule has 1 aliphatic rings. The molecule has 1 fully saturated rings. The molecule has 0 radical (unpaired) electrons. The van der Waals surface area contributed by atoms with E-state index in [1.54, 1.807) is 0 Å². The maximum atomic E-state index is 13.2. The van der Waals surface area contributed by atoms with Crippen molar-refractivity contribution < 1.29 is 13.9 Å². The van der Waals surface area contributed by atoms with Gasteiger partial charge in [0.15, 0.2) is 11.6 Å². The minimum absolute atomic E-state index is 0.281. The lowest BCUT2D eigenvalue weighted by atomic mass is 10.0. The van der Waals surface area contributed by atoms with Gasteiger partial charge in [0, 0.05) is 11.6 Å². The van der Waals surface area contributed by atoms with Gasteiger partial charge in [0.1, 0.15) is 5.82 Å². The summed E-state index contributed by atoms with van der Waals surface area (Å²) in [6.45, 7) is 0. The third-order valence-electron chi connectivity index (χ3n) is 2.55. The molecule has 1 aromatic rings. The average molecular weight is 199 g/mol. The zero-order valence-electron chi connectivity index (χ0n) is 7.56. The van der Waals surface area contributed by atoms with Crippen LogP contribution < -0.4 is 5.73 Å². The summed E-state index contributed by atoms with van der Waals surface area (Å²) in [5.74, 6) is -2.10. The van der Waals surface area contributed by atoms with Gasteiger partial charge in [0.05, 0.1) is 0 Å². The van der Waals surface area contributed by atoms with E-state index in [4.69, 9.17) is 10.8 Å². The Bertz CT molecular complexity index is 375. The van der Waals surface area contributed by atoms with Crippen molar-refractivity contribution in [1.29, 1.82) is 0 Å². The Morgan fingerprint density at radius 2 is 1.93 bits per heavy atom. The predicted molar refractivity (Wildman–Crippen MR) is 47.9 cm³/mol. The predicted octanol–water partition coefficient (Wildman–Crippen LogP) is 1.70. The van der Waals surface area contributed by atoms with E-state index in [0.29, 0.717) is 12.5 Å². The second-order valence-corrected chi connectivity index (χ2v) is 3.93. The summed E-state index contributed by atoms with van der Waals surface area (Å²) in [6.07, 6.45) is 2.06. The van der Waals surface area contributed by atoms with Gasteiger partial charge in [-0.25, -0.2) is 8.78 Å². The Morgan fingerprint density at radius 3 is 2.50 bits per heavy atom. The zero-order chi connectivity index (χ0) is 10.3. The van der Waals surface area contributed by atoms with Crippen molar-refractivity contribution in [2.24, 2.45) is 5.73 Å². The number of rotatable bonds is 2. The topological polar surface area (TPSA) is 46.2 Å². The number of halogens is 2. The molecule has 3 N–H and O–H groups in total. The highest BCUT2D eigenvalue weighted by Crippen LogP contribution is 2.37. The fourth-order valence-corrected chi connectivity index (χ4v) is 1.43. The van der Waals surface area contributed by atoms with Crippen molar-refractivity contribution in [2.75, 3.05) is 0 Å². The van der Waals surface area contributed by atoms with Gasteiger partial charge in [-0.05, 0) is 30.9 Å². The van der Waals surface area contributed by atoms with Crippen LogP contribution in [-0.4, -0.2) is 10.6 Å². The lowest BCUT2D eigenvalue weighted by Crippen LogP contribution is -2.25. The van der Waals surface area contributed by atoms with Crippen molar-refractivity contribution in [3.8, 4) is 5.75 Å². The van der Waals surface area contributed by atoms with Crippen LogP contribution in [-0.2, 0) is 6.42 Å². The molecule has 0 spiro atoms. The molecule has 2 nitrogen and oxygen atoms in total. The van der Waals surface area contributed by atoms with Gasteiger partial charge >= 0.3 is 0 Å². The van der Waals surface area contributed by atoms with E-state index in [-0.39, 0.29) is 11.1 Å². The normalized spacial score (nSPS) is 18.2. The van der Waals surface area contributed by atoms with Crippen LogP contribution >= 0.6 is 0 Å². The van der Waals surface area contributed by atoms with Gasteiger partial charge in [-0.15, -0.1) is 0 Å². The molecule has 0 atom stereocenters. The molecule has 76 valence electrons. The molecule has 0 amide bonds. The first kappa shape index (κ1) is 9.40. The van der Waals surface area contributed by atoms with Crippen molar-refractivity contribution >= 4 is 0 Å². The molecule has 14 heavy (non-hydrogen) atoms. The minimum atomic E-state index is -0.937. The van der Waals surface area contributed by atoms with E-state index in [0.717, 1.165) is 18.9 Å². The van der Waals surface area contributed by atoms with Crippen LogP contribution in [0.3, 0.4) is 0 Å². The standard InChI is InChI=1S/C10H11F2NO/c11-7-4-8(12)9(14)3-6(7)5-10(13)1-2-10/h3-4,14H,1-2,5,13H2. The highest BCUT2D eigenvalue weighted by molar-refractivity contribution is 5.32. The van der Waals surface area contributed by atoms with Crippen LogP contribution in [0.15, 0.2) is 12.1 Å². The first-order chi connectivity index (χ1) is 6.50. The summed E-state index contributed by atoms with van der Waals surface area (Å²) in [7, 11) is 0. The number of nitrogens with two attached hydrogens (primary N) is 1. The molecule has 0 bridgehead atoms. The van der Waals surface area contributed by atoms with Gasteiger partial charge in [0.25, 0.3) is 0 Å².